The number of nitrogens with zero attached hydrogens (tertiary/aromatic N) is 3. The lowest BCUT2D eigenvalue weighted by molar-refractivity contribution is -0.126. The fourth-order valence-electron chi connectivity index (χ4n) is 3.20. The average molecular weight is 501 g/mol. The van der Waals surface area contributed by atoms with Gasteiger partial charge in [0.15, 0.2) is 5.78 Å². The molecule has 0 saturated heterocycles. The Bertz CT molecular complexity index is 1100. The van der Waals surface area contributed by atoms with Gasteiger partial charge in [0.25, 0.3) is 0 Å². The molecule has 0 aliphatic heterocycles. The highest BCUT2D eigenvalue weighted by Gasteiger charge is 2.51. The highest BCUT2D eigenvalue weighted by atomic mass is 79.9. The minimum atomic E-state index is -0.630. The lowest BCUT2D eigenvalue weighted by Crippen LogP contribution is -2.33. The van der Waals surface area contributed by atoms with Crippen LogP contribution in [0.15, 0.2) is 59.7 Å². The first-order valence-electron chi connectivity index (χ1n) is 9.69. The molecule has 0 unspecified atom stereocenters. The van der Waals surface area contributed by atoms with Crippen molar-refractivity contribution in [2.24, 2.45) is 5.41 Å². The molecule has 3 aromatic rings. The summed E-state index contributed by atoms with van der Waals surface area (Å²) in [7, 11) is 0. The Morgan fingerprint density at radius 1 is 1.10 bits per heavy atom. The van der Waals surface area contributed by atoms with Gasteiger partial charge in [0.1, 0.15) is 6.33 Å². The summed E-state index contributed by atoms with van der Waals surface area (Å²) >= 11 is 9.44. The van der Waals surface area contributed by atoms with Crippen molar-refractivity contribution in [3.8, 4) is 0 Å². The van der Waals surface area contributed by atoms with Gasteiger partial charge in [-0.15, -0.1) is 0 Å². The van der Waals surface area contributed by atoms with Crippen LogP contribution in [-0.2, 0) is 11.3 Å². The molecule has 1 aliphatic carbocycles. The molecule has 7 nitrogen and oxygen atoms in total. The van der Waals surface area contributed by atoms with E-state index in [-0.39, 0.29) is 18.1 Å². The molecule has 2 N–H and O–H groups in total. The number of benzene rings is 1. The van der Waals surface area contributed by atoms with Gasteiger partial charge in [-0.3, -0.25) is 14.6 Å². The SMILES string of the molecule is O=C(CC1(C(=O)NCc2ccc(Nc3ccc(Cl)cc3Br)cn2)CC1)c1cncnc1. The second kappa shape index (κ2) is 9.11. The van der Waals surface area contributed by atoms with E-state index in [9.17, 15) is 9.59 Å². The molecule has 9 heteroatoms. The Labute approximate surface area is 192 Å². The molecular weight excluding hydrogens is 482 g/mol. The first-order chi connectivity index (χ1) is 14.9. The molecule has 1 aliphatic rings. The topological polar surface area (TPSA) is 96.9 Å². The summed E-state index contributed by atoms with van der Waals surface area (Å²) in [6.45, 7) is 0.300. The fraction of sp³-hybridized carbons (Fsp3) is 0.227. The lowest BCUT2D eigenvalue weighted by atomic mass is 9.96. The molecule has 1 fully saturated rings. The number of nitrogens with one attached hydrogen (secondary N) is 2. The zero-order chi connectivity index (χ0) is 21.8. The third-order valence-electron chi connectivity index (χ3n) is 5.18. The van der Waals surface area contributed by atoms with Crippen molar-refractivity contribution in [1.29, 1.82) is 0 Å². The van der Waals surface area contributed by atoms with E-state index >= 15 is 0 Å². The summed E-state index contributed by atoms with van der Waals surface area (Å²) in [5.74, 6) is -0.234. The summed E-state index contributed by atoms with van der Waals surface area (Å²) in [5.41, 5.74) is 2.21. The van der Waals surface area contributed by atoms with Crippen LogP contribution >= 0.6 is 27.5 Å². The highest BCUT2D eigenvalue weighted by molar-refractivity contribution is 9.10. The molecule has 0 spiro atoms. The van der Waals surface area contributed by atoms with Gasteiger partial charge in [0.2, 0.25) is 5.91 Å². The van der Waals surface area contributed by atoms with Crippen molar-refractivity contribution < 1.29 is 9.59 Å². The second-order valence-corrected chi connectivity index (χ2v) is 8.77. The van der Waals surface area contributed by atoms with Crippen molar-refractivity contribution in [1.82, 2.24) is 20.3 Å². The number of aromatic nitrogens is 3. The Morgan fingerprint density at radius 3 is 2.52 bits per heavy atom. The maximum Gasteiger partial charge on any atom is 0.226 e. The van der Waals surface area contributed by atoms with E-state index in [0.29, 0.717) is 30.0 Å². The third kappa shape index (κ3) is 5.26. The van der Waals surface area contributed by atoms with E-state index in [4.69, 9.17) is 11.6 Å². The monoisotopic (exact) mass is 499 g/mol. The minimum absolute atomic E-state index is 0.116. The smallest absolute Gasteiger partial charge is 0.226 e. The van der Waals surface area contributed by atoms with Crippen molar-refractivity contribution in [2.75, 3.05) is 5.32 Å². The summed E-state index contributed by atoms with van der Waals surface area (Å²) < 4.78 is 0.850. The second-order valence-electron chi connectivity index (χ2n) is 7.48. The number of carbonyl (C=O) groups excluding carboxylic acids is 2. The Kier molecular flexibility index (Phi) is 6.29. The molecule has 2 heterocycles. The number of anilines is 2. The molecule has 4 rings (SSSR count). The molecule has 2 aromatic heterocycles. The van der Waals surface area contributed by atoms with E-state index in [1.807, 2.05) is 24.3 Å². The zero-order valence-electron chi connectivity index (χ0n) is 16.4. The van der Waals surface area contributed by atoms with E-state index in [1.54, 1.807) is 12.3 Å². The van der Waals surface area contributed by atoms with Gasteiger partial charge in [-0.1, -0.05) is 11.6 Å². The van der Waals surface area contributed by atoms with Crippen molar-refractivity contribution in [3.63, 3.8) is 0 Å². The van der Waals surface area contributed by atoms with Crippen LogP contribution < -0.4 is 10.6 Å². The average Bonchev–Trinajstić information content (AvgIpc) is 3.56. The van der Waals surface area contributed by atoms with Gasteiger partial charge in [-0.25, -0.2) is 9.97 Å². The van der Waals surface area contributed by atoms with E-state index in [2.05, 4.69) is 41.5 Å². The minimum Gasteiger partial charge on any atom is -0.353 e. The highest BCUT2D eigenvalue weighted by Crippen LogP contribution is 2.49. The van der Waals surface area contributed by atoms with Crippen LogP contribution in [0.1, 0.15) is 35.3 Å². The van der Waals surface area contributed by atoms with Crippen LogP contribution in [0.4, 0.5) is 11.4 Å². The van der Waals surface area contributed by atoms with E-state index in [0.717, 1.165) is 21.5 Å². The molecule has 0 atom stereocenters. The Morgan fingerprint density at radius 2 is 1.87 bits per heavy atom. The van der Waals surface area contributed by atoms with Crippen molar-refractivity contribution in [2.45, 2.75) is 25.8 Å². The first-order valence-corrected chi connectivity index (χ1v) is 10.9. The number of pyridine rings is 1. The Hall–Kier alpha value is -2.84. The normalized spacial score (nSPS) is 14.0. The molecule has 0 radical (unpaired) electrons. The third-order valence-corrected chi connectivity index (χ3v) is 6.07. The lowest BCUT2D eigenvalue weighted by Gasteiger charge is -2.14. The maximum atomic E-state index is 12.7. The van der Waals surface area contributed by atoms with E-state index < -0.39 is 5.41 Å². The van der Waals surface area contributed by atoms with Crippen LogP contribution in [0, 0.1) is 5.41 Å². The molecule has 0 bridgehead atoms. The molecule has 31 heavy (non-hydrogen) atoms. The molecule has 158 valence electrons. The number of hydrogen-bond acceptors (Lipinski definition) is 6. The molecular formula is C22H19BrClN5O2. The van der Waals surface area contributed by atoms with Crippen LogP contribution in [0.2, 0.25) is 5.02 Å². The van der Waals surface area contributed by atoms with Gasteiger partial charge < -0.3 is 10.6 Å². The van der Waals surface area contributed by atoms with Crippen molar-refractivity contribution >= 4 is 50.6 Å². The van der Waals surface area contributed by atoms with Crippen LogP contribution in [0.5, 0.6) is 0 Å². The summed E-state index contributed by atoms with van der Waals surface area (Å²) in [6, 6.07) is 9.22. The first kappa shape index (κ1) is 21.4. The largest absolute Gasteiger partial charge is 0.353 e. The number of rotatable bonds is 8. The number of carbonyl (C=O) groups is 2. The van der Waals surface area contributed by atoms with Gasteiger partial charge in [0, 0.05) is 28.3 Å². The standard InChI is InChI=1S/C22H19BrClN5O2/c23-18-7-15(24)1-4-19(18)29-17-3-2-16(27-12-17)11-28-21(31)22(5-6-22)8-20(30)14-9-25-13-26-10-14/h1-4,7,9-10,12-13,29H,5-6,8,11H2,(H,28,31). The Balaban J connectivity index is 1.31. The van der Waals surface area contributed by atoms with Gasteiger partial charge in [-0.2, -0.15) is 0 Å². The van der Waals surface area contributed by atoms with Crippen LogP contribution in [0.25, 0.3) is 0 Å². The van der Waals surface area contributed by atoms with E-state index in [1.165, 1.54) is 18.7 Å². The number of Topliss-reactive ketones (excluding diaryl/α,β-unsaturated/α-hetero) is 1. The predicted molar refractivity (Wildman–Crippen MR) is 121 cm³/mol. The molecule has 1 aromatic carbocycles. The summed E-state index contributed by atoms with van der Waals surface area (Å²) in [4.78, 5) is 37.2. The quantitative estimate of drug-likeness (QED) is 0.435. The molecule has 1 saturated carbocycles. The van der Waals surface area contributed by atoms with Gasteiger partial charge in [0.05, 0.1) is 40.8 Å². The number of hydrogen-bond donors (Lipinski definition) is 2. The fourth-order valence-corrected chi connectivity index (χ4v) is 3.98. The number of amides is 1. The summed E-state index contributed by atoms with van der Waals surface area (Å²) in [6.07, 6.45) is 7.59. The zero-order valence-corrected chi connectivity index (χ0v) is 18.8. The molecule has 1 amide bonds. The van der Waals surface area contributed by atoms with Crippen LogP contribution in [0.3, 0.4) is 0 Å². The predicted octanol–water partition coefficient (Wildman–Crippen LogP) is 4.70. The van der Waals surface area contributed by atoms with Gasteiger partial charge >= 0.3 is 0 Å². The maximum absolute atomic E-state index is 12.7. The number of ketones is 1. The summed E-state index contributed by atoms with van der Waals surface area (Å²) in [5, 5.41) is 6.82. The number of halogens is 2. The van der Waals surface area contributed by atoms with Crippen molar-refractivity contribution in [3.05, 3.63) is 76.0 Å². The van der Waals surface area contributed by atoms with Crippen LogP contribution in [-0.4, -0.2) is 26.6 Å². The van der Waals surface area contributed by atoms with Gasteiger partial charge in [-0.05, 0) is 59.1 Å².